The number of carbonyl (C=O) groups is 4. The van der Waals surface area contributed by atoms with Gasteiger partial charge in [-0.1, -0.05) is 42.1 Å². The normalized spacial score (nSPS) is 18.8. The number of nitrogens with zero attached hydrogens (tertiary/aromatic N) is 2. The third kappa shape index (κ3) is 11.0. The number of hydrazine groups is 1. The molecular weight excluding hydrogens is 726 g/mol. The van der Waals surface area contributed by atoms with Gasteiger partial charge in [0.25, 0.3) is 5.91 Å². The number of amides is 3. The molecule has 5 rings (SSSR count). The van der Waals surface area contributed by atoms with Crippen LogP contribution in [0, 0.1) is 11.8 Å². The Morgan fingerprint density at radius 3 is 2.53 bits per heavy atom. The number of thioether (sulfide) groups is 1. The summed E-state index contributed by atoms with van der Waals surface area (Å²) in [6, 6.07) is 8.03. The first-order valence-corrected chi connectivity index (χ1v) is 18.9. The van der Waals surface area contributed by atoms with Gasteiger partial charge in [-0.3, -0.25) is 34.7 Å². The van der Waals surface area contributed by atoms with Crippen LogP contribution in [0.5, 0.6) is 0 Å². The van der Waals surface area contributed by atoms with Crippen molar-refractivity contribution in [1.29, 1.82) is 0 Å². The number of hydrogen-bond acceptors (Lipinski definition) is 6. The molecule has 3 amide bonds. The Bertz CT molecular complexity index is 1780. The van der Waals surface area contributed by atoms with Crippen LogP contribution in [-0.4, -0.2) is 50.8 Å². The van der Waals surface area contributed by atoms with E-state index in [9.17, 15) is 32.3 Å². The lowest BCUT2D eigenvalue weighted by Gasteiger charge is -2.16. The van der Waals surface area contributed by atoms with Gasteiger partial charge >= 0.3 is 6.18 Å². The largest absolute Gasteiger partial charge is 0.416 e. The second-order valence-electron chi connectivity index (χ2n) is 13.0. The van der Waals surface area contributed by atoms with Gasteiger partial charge < -0.3 is 5.32 Å². The Hall–Kier alpha value is -3.55. The fourth-order valence-electron chi connectivity index (χ4n) is 6.60. The molecule has 3 aromatic rings. The van der Waals surface area contributed by atoms with Crippen molar-refractivity contribution in [3.8, 4) is 0 Å². The predicted molar refractivity (Wildman–Crippen MR) is 193 cm³/mol. The van der Waals surface area contributed by atoms with E-state index in [1.54, 1.807) is 12.1 Å². The number of Topliss-reactive ketones (excluding diaryl/α,β-unsaturated/α-hetero) is 1. The molecule has 0 bridgehead atoms. The van der Waals surface area contributed by atoms with Gasteiger partial charge in [0.05, 0.1) is 23.3 Å². The molecule has 1 aliphatic carbocycles. The highest BCUT2D eigenvalue weighted by Gasteiger charge is 2.42. The van der Waals surface area contributed by atoms with Crippen LogP contribution in [0.4, 0.5) is 13.2 Å². The number of halogens is 5. The summed E-state index contributed by atoms with van der Waals surface area (Å²) in [7, 11) is 0. The Morgan fingerprint density at radius 1 is 0.961 bits per heavy atom. The molecule has 3 N–H and O–H groups in total. The van der Waals surface area contributed by atoms with Crippen molar-refractivity contribution in [1.82, 2.24) is 25.9 Å². The fourth-order valence-corrected chi connectivity index (χ4v) is 8.82. The lowest BCUT2D eigenvalue weighted by molar-refractivity contribution is -0.137. The summed E-state index contributed by atoms with van der Waals surface area (Å²) >= 11 is 14.3. The fraction of sp³-hybridized carbons (Fsp3) is 0.472. The number of alkyl halides is 3. The van der Waals surface area contributed by atoms with Crippen molar-refractivity contribution in [3.05, 3.63) is 69.3 Å². The third-order valence-corrected chi connectivity index (χ3v) is 11.5. The number of benzene rings is 2. The van der Waals surface area contributed by atoms with Gasteiger partial charge in [-0.25, -0.2) is 0 Å². The highest BCUT2D eigenvalue weighted by Crippen LogP contribution is 2.47. The van der Waals surface area contributed by atoms with Crippen molar-refractivity contribution >= 4 is 75.4 Å². The molecule has 9 nitrogen and oxygen atoms in total. The summed E-state index contributed by atoms with van der Waals surface area (Å²) in [6.07, 6.45) is 4.93. The smallest absolute Gasteiger partial charge is 0.356 e. The number of rotatable bonds is 15. The zero-order chi connectivity index (χ0) is 36.5. The zero-order valence-corrected chi connectivity index (χ0v) is 30.2. The highest BCUT2D eigenvalue weighted by molar-refractivity contribution is 8.00. The van der Waals surface area contributed by atoms with Crippen LogP contribution < -0.4 is 16.2 Å². The van der Waals surface area contributed by atoms with Crippen molar-refractivity contribution in [2.24, 2.45) is 11.8 Å². The molecule has 1 saturated carbocycles. The number of aromatic nitrogens is 2. The average molecular weight is 767 g/mol. The van der Waals surface area contributed by atoms with E-state index < -0.39 is 17.6 Å². The van der Waals surface area contributed by atoms with E-state index in [0.717, 1.165) is 68.9 Å². The number of nitrogens with one attached hydrogen (secondary N) is 3. The van der Waals surface area contributed by atoms with Crippen molar-refractivity contribution in [3.63, 3.8) is 0 Å². The minimum atomic E-state index is -4.57. The molecule has 1 aliphatic heterocycles. The summed E-state index contributed by atoms with van der Waals surface area (Å²) in [5.74, 6) is 1.57. The monoisotopic (exact) mass is 765 g/mol. The molecular formula is C36H40Cl2F3N5O4S. The quantitative estimate of drug-likeness (QED) is 0.0837. The summed E-state index contributed by atoms with van der Waals surface area (Å²) in [5.41, 5.74) is 4.84. The molecule has 0 radical (unpaired) electrons. The van der Waals surface area contributed by atoms with E-state index in [1.165, 1.54) is 22.9 Å². The molecule has 15 heteroatoms. The van der Waals surface area contributed by atoms with Gasteiger partial charge in [0.2, 0.25) is 11.8 Å². The lowest BCUT2D eigenvalue weighted by atomic mass is 9.92. The van der Waals surface area contributed by atoms with Crippen LogP contribution in [0.1, 0.15) is 81.0 Å². The van der Waals surface area contributed by atoms with Crippen molar-refractivity contribution < 1.29 is 32.3 Å². The Morgan fingerprint density at radius 2 is 1.75 bits per heavy atom. The highest BCUT2D eigenvalue weighted by atomic mass is 35.5. The molecule has 2 fully saturated rings. The van der Waals surface area contributed by atoms with E-state index in [0.29, 0.717) is 63.3 Å². The van der Waals surface area contributed by atoms with E-state index in [2.05, 4.69) is 21.3 Å². The summed E-state index contributed by atoms with van der Waals surface area (Å²) in [6.45, 7) is 0.586. The first kappa shape index (κ1) is 38.7. The minimum absolute atomic E-state index is 0.0216. The van der Waals surface area contributed by atoms with Crippen molar-refractivity contribution in [2.75, 3.05) is 12.3 Å². The lowest BCUT2D eigenvalue weighted by Crippen LogP contribution is -2.40. The van der Waals surface area contributed by atoms with Crippen LogP contribution >= 0.6 is 35.0 Å². The average Bonchev–Trinajstić information content (AvgIpc) is 3.75. The molecule has 1 aromatic heterocycles. The molecule has 2 aliphatic rings. The molecule has 3 atom stereocenters. The van der Waals surface area contributed by atoms with Crippen molar-refractivity contribution in [2.45, 2.75) is 82.2 Å². The first-order chi connectivity index (χ1) is 24.4. The molecule has 1 saturated heterocycles. The van der Waals surface area contributed by atoms with Crippen LogP contribution in [0.3, 0.4) is 0 Å². The number of ketones is 1. The van der Waals surface area contributed by atoms with Crippen LogP contribution in [0.15, 0.2) is 42.5 Å². The Balaban J connectivity index is 0.992. The number of carbonyl (C=O) groups excluding carboxylic acids is 4. The summed E-state index contributed by atoms with van der Waals surface area (Å²) < 4.78 is 41.8. The number of unbranched alkanes of at least 4 members (excludes halogenated alkanes) is 3. The summed E-state index contributed by atoms with van der Waals surface area (Å²) in [4.78, 5) is 48.6. The molecule has 2 heterocycles. The van der Waals surface area contributed by atoms with E-state index in [1.807, 2.05) is 11.8 Å². The number of fused-ring (bicyclic) bond motifs is 2. The maximum Gasteiger partial charge on any atom is 0.416 e. The van der Waals surface area contributed by atoms with Crippen LogP contribution in [0.25, 0.3) is 17.0 Å². The Kier molecular flexibility index (Phi) is 13.5. The maximum atomic E-state index is 13.5. The van der Waals surface area contributed by atoms with E-state index in [-0.39, 0.29) is 36.0 Å². The second-order valence-corrected chi connectivity index (χ2v) is 15.1. The van der Waals surface area contributed by atoms with Gasteiger partial charge in [0, 0.05) is 59.0 Å². The zero-order valence-electron chi connectivity index (χ0n) is 27.9. The summed E-state index contributed by atoms with van der Waals surface area (Å²) in [5, 5.41) is 9.03. The van der Waals surface area contributed by atoms with E-state index in [4.69, 9.17) is 23.2 Å². The van der Waals surface area contributed by atoms with Gasteiger partial charge in [-0.05, 0) is 85.2 Å². The second kappa shape index (κ2) is 17.8. The van der Waals surface area contributed by atoms with Gasteiger partial charge in [-0.15, -0.1) is 0 Å². The van der Waals surface area contributed by atoms with Crippen LogP contribution in [0.2, 0.25) is 10.0 Å². The molecule has 0 unspecified atom stereocenters. The third-order valence-electron chi connectivity index (χ3n) is 9.27. The standard InChI is InChI=1S/C36H40Cl2F3N5O4S/c37-25-11-9-22(29(38)18-25)20-46-31-17-24(36(39,40)41)10-12-27(31)30(45-46)13-14-35(50)44-43-34(49)8-2-1-5-15-42-33(48)7-4-3-6-32-28-19-26(47)16-23(28)21-51-32/h9-14,17-18,23,28,32H,1-8,15-16,19-21H2,(H,42,48)(H,43,49)(H,44,50)/b14-13+/t23-,28-,32-/m0/s1. The van der Waals surface area contributed by atoms with Gasteiger partial charge in [0.1, 0.15) is 5.78 Å². The maximum absolute atomic E-state index is 13.5. The van der Waals surface area contributed by atoms with Gasteiger partial charge in [0.15, 0.2) is 0 Å². The number of hydrogen-bond donors (Lipinski definition) is 3. The van der Waals surface area contributed by atoms with Crippen LogP contribution in [-0.2, 0) is 31.9 Å². The first-order valence-electron chi connectivity index (χ1n) is 17.1. The molecule has 51 heavy (non-hydrogen) atoms. The molecule has 0 spiro atoms. The van der Waals surface area contributed by atoms with Gasteiger partial charge in [-0.2, -0.15) is 30.0 Å². The molecule has 2 aromatic carbocycles. The van der Waals surface area contributed by atoms with E-state index >= 15 is 0 Å². The predicted octanol–water partition coefficient (Wildman–Crippen LogP) is 7.52. The topological polar surface area (TPSA) is 122 Å². The Labute approximate surface area is 308 Å². The SMILES string of the molecule is O=C1C[C@H]2CS[C@@H](CCCCC(=O)NCCCCCC(=O)NNC(=O)/C=C/c3nn(Cc4ccc(Cl)cc4Cl)c4cc(C(F)(F)F)ccc34)[C@H]2C1. The molecule has 274 valence electrons. The minimum Gasteiger partial charge on any atom is -0.356 e.